The molecule has 13 heavy (non-hydrogen) atoms. The van der Waals surface area contributed by atoms with Crippen molar-refractivity contribution < 1.29 is 14.6 Å². The van der Waals surface area contributed by atoms with Crippen molar-refractivity contribution in [3.8, 4) is 0 Å². The van der Waals surface area contributed by atoms with Crippen molar-refractivity contribution >= 4 is 0 Å². The molecule has 0 bridgehead atoms. The van der Waals surface area contributed by atoms with Gasteiger partial charge in [-0.05, 0) is 12.8 Å². The first kappa shape index (κ1) is 12.9. The van der Waals surface area contributed by atoms with Gasteiger partial charge in [0.1, 0.15) is 0 Å². The summed E-state index contributed by atoms with van der Waals surface area (Å²) in [4.78, 5) is 0. The minimum atomic E-state index is -1.40. The Hall–Kier alpha value is -0.120. The Bertz CT molecular complexity index is 101. The zero-order valence-corrected chi connectivity index (χ0v) is 9.01. The predicted molar refractivity (Wildman–Crippen MR) is 52.3 cm³/mol. The van der Waals surface area contributed by atoms with E-state index in [0.29, 0.717) is 13.2 Å². The normalized spacial score (nSPS) is 12.0. The minimum Gasteiger partial charge on any atom is -0.344 e. The molecule has 0 aromatic carbocycles. The van der Waals surface area contributed by atoms with E-state index in [1.165, 1.54) is 0 Å². The van der Waals surface area contributed by atoms with Crippen LogP contribution in [0.3, 0.4) is 0 Å². The average Bonchev–Trinajstić information content (AvgIpc) is 2.05. The van der Waals surface area contributed by atoms with Crippen LogP contribution in [0.1, 0.15) is 46.5 Å². The van der Waals surface area contributed by atoms with Crippen molar-refractivity contribution in [1.29, 1.82) is 0 Å². The molecule has 0 fully saturated rings. The number of hydrogen-bond acceptors (Lipinski definition) is 3. The lowest BCUT2D eigenvalue weighted by atomic mass is 10.3. The van der Waals surface area contributed by atoms with Crippen LogP contribution in [-0.2, 0) is 9.47 Å². The Morgan fingerprint density at radius 3 is 1.69 bits per heavy atom. The molecular weight excluding hydrogens is 168 g/mol. The second kappa shape index (κ2) is 7.30. The van der Waals surface area contributed by atoms with E-state index in [1.54, 1.807) is 6.92 Å². The molecule has 0 unspecified atom stereocenters. The van der Waals surface area contributed by atoms with Gasteiger partial charge in [-0.25, -0.2) is 0 Å². The molecule has 3 nitrogen and oxygen atoms in total. The molecule has 0 saturated heterocycles. The van der Waals surface area contributed by atoms with E-state index < -0.39 is 5.97 Å². The second-order valence-corrected chi connectivity index (χ2v) is 3.30. The lowest BCUT2D eigenvalue weighted by Gasteiger charge is -2.23. The highest BCUT2D eigenvalue weighted by Crippen LogP contribution is 2.09. The Morgan fingerprint density at radius 1 is 1.00 bits per heavy atom. The molecule has 3 heteroatoms. The molecule has 0 aliphatic rings. The van der Waals surface area contributed by atoms with Crippen molar-refractivity contribution in [3.05, 3.63) is 0 Å². The molecule has 0 radical (unpaired) electrons. The SMILES string of the molecule is CCCCOC(C)(O)OCCCC. The van der Waals surface area contributed by atoms with E-state index in [0.717, 1.165) is 25.7 Å². The van der Waals surface area contributed by atoms with Gasteiger partial charge in [0.2, 0.25) is 0 Å². The molecule has 0 saturated carbocycles. The van der Waals surface area contributed by atoms with Crippen LogP contribution in [0, 0.1) is 0 Å². The maximum absolute atomic E-state index is 9.52. The van der Waals surface area contributed by atoms with E-state index in [-0.39, 0.29) is 0 Å². The molecule has 0 aliphatic carbocycles. The van der Waals surface area contributed by atoms with Gasteiger partial charge >= 0.3 is 0 Å². The summed E-state index contributed by atoms with van der Waals surface area (Å²) in [5.74, 6) is -1.40. The smallest absolute Gasteiger partial charge is 0.277 e. The third-order valence-electron chi connectivity index (χ3n) is 1.74. The number of hydrogen-bond donors (Lipinski definition) is 1. The van der Waals surface area contributed by atoms with Crippen LogP contribution in [0.4, 0.5) is 0 Å². The number of rotatable bonds is 8. The summed E-state index contributed by atoms with van der Waals surface area (Å²) in [5.41, 5.74) is 0. The van der Waals surface area contributed by atoms with Crippen LogP contribution >= 0.6 is 0 Å². The van der Waals surface area contributed by atoms with Gasteiger partial charge in [-0.2, -0.15) is 0 Å². The highest BCUT2D eigenvalue weighted by Gasteiger charge is 2.20. The first-order valence-corrected chi connectivity index (χ1v) is 5.12. The van der Waals surface area contributed by atoms with Crippen LogP contribution in [0.15, 0.2) is 0 Å². The molecule has 0 aromatic heterocycles. The monoisotopic (exact) mass is 190 g/mol. The van der Waals surface area contributed by atoms with E-state index in [2.05, 4.69) is 13.8 Å². The summed E-state index contributed by atoms with van der Waals surface area (Å²) in [6.07, 6.45) is 4.02. The van der Waals surface area contributed by atoms with Gasteiger partial charge in [0.05, 0.1) is 13.2 Å². The molecule has 0 amide bonds. The third kappa shape index (κ3) is 8.22. The van der Waals surface area contributed by atoms with Gasteiger partial charge in [0.25, 0.3) is 5.97 Å². The first-order chi connectivity index (χ1) is 6.12. The number of aliphatic hydroxyl groups is 1. The fourth-order valence-electron chi connectivity index (χ4n) is 0.853. The van der Waals surface area contributed by atoms with E-state index in [4.69, 9.17) is 9.47 Å². The Labute approximate surface area is 81.0 Å². The van der Waals surface area contributed by atoms with Crippen molar-refractivity contribution in [1.82, 2.24) is 0 Å². The molecule has 1 N–H and O–H groups in total. The minimum absolute atomic E-state index is 0.551. The Balaban J connectivity index is 3.42. The van der Waals surface area contributed by atoms with Crippen LogP contribution < -0.4 is 0 Å². The predicted octanol–water partition coefficient (Wildman–Crippen LogP) is 2.29. The fraction of sp³-hybridized carbons (Fsp3) is 1.00. The highest BCUT2D eigenvalue weighted by atomic mass is 16.8. The average molecular weight is 190 g/mol. The molecule has 0 atom stereocenters. The summed E-state index contributed by atoms with van der Waals surface area (Å²) in [7, 11) is 0. The molecular formula is C10H22O3. The van der Waals surface area contributed by atoms with Gasteiger partial charge in [-0.1, -0.05) is 26.7 Å². The second-order valence-electron chi connectivity index (χ2n) is 3.30. The van der Waals surface area contributed by atoms with Crippen molar-refractivity contribution in [2.24, 2.45) is 0 Å². The maximum Gasteiger partial charge on any atom is 0.277 e. The molecule has 0 rings (SSSR count). The number of ether oxygens (including phenoxy) is 2. The quantitative estimate of drug-likeness (QED) is 0.471. The van der Waals surface area contributed by atoms with Crippen molar-refractivity contribution in [2.45, 2.75) is 52.4 Å². The Morgan fingerprint density at radius 2 is 1.38 bits per heavy atom. The fourth-order valence-corrected chi connectivity index (χ4v) is 0.853. The van der Waals surface area contributed by atoms with Crippen molar-refractivity contribution in [3.63, 3.8) is 0 Å². The summed E-state index contributed by atoms with van der Waals surface area (Å²) in [6.45, 7) is 6.80. The standard InChI is InChI=1S/C10H22O3/c1-4-6-8-12-10(3,11)13-9-7-5-2/h11H,4-9H2,1-3H3. The molecule has 80 valence electrons. The maximum atomic E-state index is 9.52. The summed E-state index contributed by atoms with van der Waals surface area (Å²) >= 11 is 0. The third-order valence-corrected chi connectivity index (χ3v) is 1.74. The van der Waals surface area contributed by atoms with Gasteiger partial charge in [-0.15, -0.1) is 0 Å². The van der Waals surface area contributed by atoms with E-state index in [1.807, 2.05) is 0 Å². The van der Waals surface area contributed by atoms with Crippen LogP contribution in [0.5, 0.6) is 0 Å². The van der Waals surface area contributed by atoms with Crippen LogP contribution in [-0.4, -0.2) is 24.3 Å². The van der Waals surface area contributed by atoms with E-state index in [9.17, 15) is 5.11 Å². The lowest BCUT2D eigenvalue weighted by molar-refractivity contribution is -0.349. The Kier molecular flexibility index (Phi) is 7.23. The zero-order chi connectivity index (χ0) is 10.2. The lowest BCUT2D eigenvalue weighted by Crippen LogP contribution is -2.32. The van der Waals surface area contributed by atoms with Crippen molar-refractivity contribution in [2.75, 3.05) is 13.2 Å². The van der Waals surface area contributed by atoms with Gasteiger partial charge < -0.3 is 14.6 Å². The molecule has 0 spiro atoms. The summed E-state index contributed by atoms with van der Waals surface area (Å²) in [5, 5.41) is 9.52. The summed E-state index contributed by atoms with van der Waals surface area (Å²) < 4.78 is 10.3. The first-order valence-electron chi connectivity index (χ1n) is 5.12. The van der Waals surface area contributed by atoms with Gasteiger partial charge in [0, 0.05) is 6.92 Å². The molecule has 0 heterocycles. The van der Waals surface area contributed by atoms with E-state index >= 15 is 0 Å². The molecule has 0 aromatic rings. The van der Waals surface area contributed by atoms with Crippen LogP contribution in [0.25, 0.3) is 0 Å². The zero-order valence-electron chi connectivity index (χ0n) is 9.01. The van der Waals surface area contributed by atoms with Gasteiger partial charge in [-0.3, -0.25) is 0 Å². The topological polar surface area (TPSA) is 38.7 Å². The van der Waals surface area contributed by atoms with Gasteiger partial charge in [0.15, 0.2) is 0 Å². The number of unbranched alkanes of at least 4 members (excludes halogenated alkanes) is 2. The van der Waals surface area contributed by atoms with Crippen LogP contribution in [0.2, 0.25) is 0 Å². The molecule has 0 aliphatic heterocycles. The summed E-state index contributed by atoms with van der Waals surface area (Å²) in [6, 6.07) is 0. The largest absolute Gasteiger partial charge is 0.344 e. The highest BCUT2D eigenvalue weighted by molar-refractivity contribution is 4.44.